The fourth-order valence-electron chi connectivity index (χ4n) is 2.29. The van der Waals surface area contributed by atoms with E-state index in [0.29, 0.717) is 23.5 Å². The molecule has 2 heterocycles. The molecule has 4 N–H and O–H groups in total. The lowest BCUT2D eigenvalue weighted by molar-refractivity contribution is 0.0367. The molecule has 1 aromatic rings. The maximum absolute atomic E-state index is 12.0. The Morgan fingerprint density at radius 1 is 1.53 bits per heavy atom. The highest BCUT2D eigenvalue weighted by Gasteiger charge is 2.27. The first-order valence-corrected chi connectivity index (χ1v) is 5.97. The summed E-state index contributed by atoms with van der Waals surface area (Å²) in [6, 6.07) is 0.707. The Hall–Kier alpha value is -1.56. The molecule has 2 rings (SSSR count). The summed E-state index contributed by atoms with van der Waals surface area (Å²) in [6.45, 7) is 4.23. The van der Waals surface area contributed by atoms with E-state index in [0.717, 1.165) is 12.8 Å². The summed E-state index contributed by atoms with van der Waals surface area (Å²) in [7, 11) is 0. The van der Waals surface area contributed by atoms with E-state index in [4.69, 9.17) is 5.73 Å². The van der Waals surface area contributed by atoms with Crippen molar-refractivity contribution in [2.75, 3.05) is 5.73 Å². The van der Waals surface area contributed by atoms with Gasteiger partial charge in [-0.2, -0.15) is 5.10 Å². The Morgan fingerprint density at radius 2 is 2.18 bits per heavy atom. The van der Waals surface area contributed by atoms with Gasteiger partial charge in [0.1, 0.15) is 5.69 Å². The van der Waals surface area contributed by atoms with Crippen molar-refractivity contribution >= 4 is 11.6 Å². The summed E-state index contributed by atoms with van der Waals surface area (Å²) in [5, 5.41) is 8.36. The molecule has 1 aliphatic heterocycles. The van der Waals surface area contributed by atoms with Gasteiger partial charge >= 0.3 is 0 Å². The van der Waals surface area contributed by atoms with Gasteiger partial charge in [-0.05, 0) is 26.7 Å². The van der Waals surface area contributed by atoms with Crippen molar-refractivity contribution in [1.82, 2.24) is 20.6 Å². The number of amides is 1. The van der Waals surface area contributed by atoms with Gasteiger partial charge in [0.2, 0.25) is 0 Å². The summed E-state index contributed by atoms with van der Waals surface area (Å²) in [4.78, 5) is 12.0. The first-order chi connectivity index (χ1) is 8.09. The van der Waals surface area contributed by atoms with E-state index in [9.17, 15) is 4.79 Å². The molecular formula is C11H19N5O. The molecule has 0 spiro atoms. The van der Waals surface area contributed by atoms with Gasteiger partial charge in [0.15, 0.2) is 0 Å². The molecule has 0 aliphatic carbocycles. The van der Waals surface area contributed by atoms with Gasteiger partial charge < -0.3 is 5.73 Å². The van der Waals surface area contributed by atoms with Crippen LogP contribution in [0.1, 0.15) is 43.6 Å². The van der Waals surface area contributed by atoms with Gasteiger partial charge in [0, 0.05) is 12.1 Å². The molecule has 2 unspecified atom stereocenters. The predicted octanol–water partition coefficient (Wildman–Crippen LogP) is 0.900. The topological polar surface area (TPSA) is 87.0 Å². The van der Waals surface area contributed by atoms with Crippen molar-refractivity contribution in [3.05, 3.63) is 11.9 Å². The zero-order chi connectivity index (χ0) is 12.4. The van der Waals surface area contributed by atoms with Gasteiger partial charge in [0.25, 0.3) is 5.91 Å². The number of nitrogens with two attached hydrogens (primary N) is 1. The molecule has 17 heavy (non-hydrogen) atoms. The first kappa shape index (κ1) is 11.9. The second kappa shape index (κ2) is 4.75. The zero-order valence-corrected chi connectivity index (χ0v) is 10.2. The Morgan fingerprint density at radius 3 is 2.71 bits per heavy atom. The number of hydrazine groups is 1. The van der Waals surface area contributed by atoms with E-state index in [1.165, 1.54) is 12.6 Å². The summed E-state index contributed by atoms with van der Waals surface area (Å²) in [6.07, 6.45) is 4.85. The summed E-state index contributed by atoms with van der Waals surface area (Å²) >= 11 is 0. The first-order valence-electron chi connectivity index (χ1n) is 5.97. The minimum Gasteiger partial charge on any atom is -0.396 e. The van der Waals surface area contributed by atoms with Crippen LogP contribution in [0.3, 0.4) is 0 Å². The lowest BCUT2D eigenvalue weighted by Crippen LogP contribution is -2.54. The van der Waals surface area contributed by atoms with Crippen LogP contribution in [0.2, 0.25) is 0 Å². The van der Waals surface area contributed by atoms with Crippen molar-refractivity contribution in [2.24, 2.45) is 0 Å². The number of nitrogens with zero attached hydrogens (tertiary/aromatic N) is 2. The average Bonchev–Trinajstić information content (AvgIpc) is 2.70. The smallest absolute Gasteiger partial charge is 0.285 e. The molecule has 1 aromatic heterocycles. The number of piperidine rings is 1. The Balaban J connectivity index is 2.05. The number of carbonyl (C=O) groups excluding carboxylic acids is 1. The lowest BCUT2D eigenvalue weighted by atomic mass is 10.00. The van der Waals surface area contributed by atoms with E-state index < -0.39 is 0 Å². The maximum atomic E-state index is 12.0. The highest BCUT2D eigenvalue weighted by atomic mass is 16.2. The van der Waals surface area contributed by atoms with Gasteiger partial charge in [-0.3, -0.25) is 15.3 Å². The lowest BCUT2D eigenvalue weighted by Gasteiger charge is -2.38. The van der Waals surface area contributed by atoms with Crippen LogP contribution in [0.5, 0.6) is 0 Å². The number of hydrogen-bond acceptors (Lipinski definition) is 4. The molecule has 94 valence electrons. The molecular weight excluding hydrogens is 218 g/mol. The molecule has 6 heteroatoms. The fraction of sp³-hybridized carbons (Fsp3) is 0.636. The van der Waals surface area contributed by atoms with Crippen LogP contribution in [-0.4, -0.2) is 33.2 Å². The van der Waals surface area contributed by atoms with Crippen LogP contribution in [0.25, 0.3) is 0 Å². The standard InChI is InChI=1S/C11H19N5O/c1-7-4-3-5-8(2)16(7)15-11(17)10-9(12)6-13-14-10/h6-8H,3-5,12H2,1-2H3,(H,13,14)(H,15,17). The second-order valence-electron chi connectivity index (χ2n) is 4.68. The summed E-state index contributed by atoms with van der Waals surface area (Å²) in [5.74, 6) is -0.222. The molecule has 2 atom stereocenters. The Labute approximate surface area is 101 Å². The molecule has 0 bridgehead atoms. The highest BCUT2D eigenvalue weighted by Crippen LogP contribution is 2.20. The van der Waals surface area contributed by atoms with E-state index >= 15 is 0 Å². The predicted molar refractivity (Wildman–Crippen MR) is 65.1 cm³/mol. The number of nitrogens with one attached hydrogen (secondary N) is 2. The number of hydrogen-bond donors (Lipinski definition) is 3. The molecule has 1 amide bonds. The van der Waals surface area contributed by atoms with Crippen molar-refractivity contribution in [3.63, 3.8) is 0 Å². The summed E-state index contributed by atoms with van der Waals surface area (Å²) in [5.41, 5.74) is 9.25. The third kappa shape index (κ3) is 2.41. The van der Waals surface area contributed by atoms with Crippen molar-refractivity contribution < 1.29 is 4.79 Å². The van der Waals surface area contributed by atoms with Crippen LogP contribution in [-0.2, 0) is 0 Å². The molecule has 1 aliphatic rings. The monoisotopic (exact) mass is 237 g/mol. The molecule has 1 saturated heterocycles. The quantitative estimate of drug-likeness (QED) is 0.713. The molecule has 6 nitrogen and oxygen atoms in total. The Kier molecular flexibility index (Phi) is 3.33. The van der Waals surface area contributed by atoms with Crippen molar-refractivity contribution in [1.29, 1.82) is 0 Å². The minimum absolute atomic E-state index is 0.222. The normalized spacial score (nSPS) is 25.8. The van der Waals surface area contributed by atoms with Crippen LogP contribution in [0.15, 0.2) is 6.20 Å². The number of H-pyrrole nitrogens is 1. The van der Waals surface area contributed by atoms with Crippen LogP contribution in [0.4, 0.5) is 5.69 Å². The molecule has 0 saturated carbocycles. The number of aromatic nitrogens is 2. The SMILES string of the molecule is CC1CCCC(C)N1NC(=O)c1[nH]ncc1N. The number of carbonyl (C=O) groups is 1. The van der Waals surface area contributed by atoms with E-state index in [1.807, 2.05) is 5.01 Å². The summed E-state index contributed by atoms with van der Waals surface area (Å²) < 4.78 is 0. The van der Waals surface area contributed by atoms with Crippen LogP contribution < -0.4 is 11.2 Å². The van der Waals surface area contributed by atoms with Gasteiger partial charge in [-0.15, -0.1) is 0 Å². The fourth-order valence-corrected chi connectivity index (χ4v) is 2.29. The zero-order valence-electron chi connectivity index (χ0n) is 10.2. The minimum atomic E-state index is -0.222. The van der Waals surface area contributed by atoms with Gasteiger partial charge in [-0.1, -0.05) is 6.42 Å². The number of rotatable bonds is 2. The number of anilines is 1. The van der Waals surface area contributed by atoms with E-state index in [1.54, 1.807) is 0 Å². The van der Waals surface area contributed by atoms with E-state index in [-0.39, 0.29) is 5.91 Å². The van der Waals surface area contributed by atoms with Crippen LogP contribution in [0, 0.1) is 0 Å². The number of nitrogen functional groups attached to an aromatic ring is 1. The third-order valence-electron chi connectivity index (χ3n) is 3.32. The average molecular weight is 237 g/mol. The largest absolute Gasteiger partial charge is 0.396 e. The maximum Gasteiger partial charge on any atom is 0.285 e. The van der Waals surface area contributed by atoms with Crippen molar-refractivity contribution in [3.8, 4) is 0 Å². The van der Waals surface area contributed by atoms with Gasteiger partial charge in [-0.25, -0.2) is 5.01 Å². The van der Waals surface area contributed by atoms with E-state index in [2.05, 4.69) is 29.5 Å². The molecule has 0 radical (unpaired) electrons. The van der Waals surface area contributed by atoms with Crippen molar-refractivity contribution in [2.45, 2.75) is 45.2 Å². The highest BCUT2D eigenvalue weighted by molar-refractivity contribution is 5.96. The second-order valence-corrected chi connectivity index (χ2v) is 4.68. The van der Waals surface area contributed by atoms with Gasteiger partial charge in [0.05, 0.1) is 11.9 Å². The Bertz CT molecular complexity index is 392. The number of aromatic amines is 1. The third-order valence-corrected chi connectivity index (χ3v) is 3.32. The van der Waals surface area contributed by atoms with Crippen LogP contribution >= 0.6 is 0 Å². The molecule has 0 aromatic carbocycles. The molecule has 1 fully saturated rings.